The number of hydrogen-bond donors (Lipinski definition) is 1. The van der Waals surface area contributed by atoms with Crippen molar-refractivity contribution in [2.45, 2.75) is 0 Å². The third-order valence-corrected chi connectivity index (χ3v) is 2.25. The quantitative estimate of drug-likeness (QED) is 0.654. The van der Waals surface area contributed by atoms with E-state index in [1.54, 1.807) is 24.3 Å². The van der Waals surface area contributed by atoms with Crippen LogP contribution >= 0.6 is 0 Å². The van der Waals surface area contributed by atoms with Crippen molar-refractivity contribution in [2.24, 2.45) is 5.73 Å². The molecule has 0 amide bonds. The molecule has 90 valence electrons. The Kier molecular flexibility index (Phi) is 5.16. The summed E-state index contributed by atoms with van der Waals surface area (Å²) in [5.74, 6) is 0. The topological polar surface area (TPSA) is 97.4 Å². The molecule has 0 bridgehead atoms. The van der Waals surface area contributed by atoms with Gasteiger partial charge in [0, 0.05) is 0 Å². The first-order chi connectivity index (χ1) is 9.22. The molecule has 19 heavy (non-hydrogen) atoms. The minimum Gasteiger partial charge on any atom is -0.396 e. The molecule has 0 aliphatic carbocycles. The highest BCUT2D eigenvalue weighted by Crippen LogP contribution is 2.09. The first-order valence-electron chi connectivity index (χ1n) is 5.36. The second-order valence-corrected chi connectivity index (χ2v) is 3.47. The van der Waals surface area contributed by atoms with Crippen LogP contribution in [0.1, 0.15) is 5.56 Å². The van der Waals surface area contributed by atoms with Gasteiger partial charge in [-0.15, -0.1) is 0 Å². The molecule has 0 unspecified atom stereocenters. The van der Waals surface area contributed by atoms with Crippen LogP contribution < -0.4 is 5.73 Å². The third kappa shape index (κ3) is 3.89. The van der Waals surface area contributed by atoms with Gasteiger partial charge >= 0.3 is 0 Å². The highest BCUT2D eigenvalue weighted by Gasteiger charge is 2.06. The van der Waals surface area contributed by atoms with E-state index >= 15 is 0 Å². The van der Waals surface area contributed by atoms with Gasteiger partial charge in [0.2, 0.25) is 0 Å². The summed E-state index contributed by atoms with van der Waals surface area (Å²) in [6.07, 6.45) is 4.91. The van der Waals surface area contributed by atoms with Crippen LogP contribution in [0.25, 0.3) is 6.08 Å². The molecule has 0 fully saturated rings. The molecular formula is C15H10N4. The Morgan fingerprint density at radius 3 is 2.16 bits per heavy atom. The number of nitrogens with zero attached hydrogens (tertiary/aromatic N) is 3. The molecule has 1 aromatic carbocycles. The van der Waals surface area contributed by atoms with E-state index in [4.69, 9.17) is 21.5 Å². The lowest BCUT2D eigenvalue weighted by atomic mass is 10.1. The Labute approximate surface area is 111 Å². The summed E-state index contributed by atoms with van der Waals surface area (Å²) in [6.45, 7) is 0. The summed E-state index contributed by atoms with van der Waals surface area (Å²) in [5.41, 5.74) is 6.27. The lowest BCUT2D eigenvalue weighted by Crippen LogP contribution is -2.03. The van der Waals surface area contributed by atoms with E-state index in [0.29, 0.717) is 0 Å². The van der Waals surface area contributed by atoms with Crippen molar-refractivity contribution >= 4 is 6.08 Å². The Morgan fingerprint density at radius 2 is 1.63 bits per heavy atom. The molecule has 0 spiro atoms. The Balaban J connectivity index is 3.02. The Bertz CT molecular complexity index is 643. The van der Waals surface area contributed by atoms with Gasteiger partial charge in [0.05, 0.1) is 11.3 Å². The molecule has 0 saturated heterocycles. The molecule has 0 aliphatic heterocycles. The fourth-order valence-electron chi connectivity index (χ4n) is 1.29. The average molecular weight is 246 g/mol. The Morgan fingerprint density at radius 1 is 1.00 bits per heavy atom. The maximum absolute atomic E-state index is 8.95. The van der Waals surface area contributed by atoms with Gasteiger partial charge in [0.1, 0.15) is 18.2 Å². The summed E-state index contributed by atoms with van der Waals surface area (Å²) >= 11 is 0. The summed E-state index contributed by atoms with van der Waals surface area (Å²) in [6, 6.07) is 14.7. The van der Waals surface area contributed by atoms with E-state index in [-0.39, 0.29) is 16.8 Å². The molecule has 0 radical (unpaired) electrons. The first-order valence-corrected chi connectivity index (χ1v) is 5.36. The van der Waals surface area contributed by atoms with Crippen LogP contribution in [0, 0.1) is 34.0 Å². The van der Waals surface area contributed by atoms with Crippen LogP contribution in [-0.4, -0.2) is 0 Å². The highest BCUT2D eigenvalue weighted by molar-refractivity contribution is 5.56. The number of nitriles is 3. The van der Waals surface area contributed by atoms with Gasteiger partial charge in [-0.25, -0.2) is 0 Å². The predicted octanol–water partition coefficient (Wildman–Crippen LogP) is 2.41. The van der Waals surface area contributed by atoms with Crippen molar-refractivity contribution in [3.8, 4) is 18.2 Å². The van der Waals surface area contributed by atoms with E-state index in [0.717, 1.165) is 5.56 Å². The normalized spacial score (nSPS) is 10.3. The largest absolute Gasteiger partial charge is 0.396 e. The van der Waals surface area contributed by atoms with Gasteiger partial charge < -0.3 is 5.73 Å². The lowest BCUT2D eigenvalue weighted by Gasteiger charge is -1.96. The van der Waals surface area contributed by atoms with Crippen molar-refractivity contribution < 1.29 is 0 Å². The molecule has 0 aliphatic rings. The van der Waals surface area contributed by atoms with Crippen molar-refractivity contribution in [1.29, 1.82) is 15.8 Å². The number of nitrogens with two attached hydrogens (primary N) is 1. The molecule has 0 saturated carbocycles. The standard InChI is InChI=1S/C15H10N4/c16-9-13(15(19)14(10-17)11-18)8-4-7-12-5-2-1-3-6-12/h1-8H,19H2. The minimum atomic E-state index is -0.263. The SMILES string of the molecule is N#CC(=CC=Cc1ccccc1)C(N)=C(C#N)C#N. The smallest absolute Gasteiger partial charge is 0.153 e. The molecule has 0 atom stereocenters. The van der Waals surface area contributed by atoms with Crippen LogP contribution in [0.2, 0.25) is 0 Å². The zero-order chi connectivity index (χ0) is 14.1. The van der Waals surface area contributed by atoms with Crippen LogP contribution in [-0.2, 0) is 0 Å². The van der Waals surface area contributed by atoms with Gasteiger partial charge in [-0.1, -0.05) is 42.5 Å². The summed E-state index contributed by atoms with van der Waals surface area (Å²) in [4.78, 5) is 0. The third-order valence-electron chi connectivity index (χ3n) is 2.25. The summed E-state index contributed by atoms with van der Waals surface area (Å²) < 4.78 is 0. The van der Waals surface area contributed by atoms with Gasteiger partial charge in [-0.2, -0.15) is 15.8 Å². The van der Waals surface area contributed by atoms with Crippen LogP contribution in [0.15, 0.2) is 59.3 Å². The van der Waals surface area contributed by atoms with Crippen molar-refractivity contribution in [1.82, 2.24) is 0 Å². The number of allylic oxidation sites excluding steroid dienone is 4. The molecule has 0 heterocycles. The number of benzene rings is 1. The van der Waals surface area contributed by atoms with E-state index in [9.17, 15) is 0 Å². The van der Waals surface area contributed by atoms with Gasteiger partial charge in [0.25, 0.3) is 0 Å². The summed E-state index contributed by atoms with van der Waals surface area (Å²) in [7, 11) is 0. The number of rotatable bonds is 3. The molecule has 2 N–H and O–H groups in total. The van der Waals surface area contributed by atoms with Crippen molar-refractivity contribution in [3.63, 3.8) is 0 Å². The van der Waals surface area contributed by atoms with Crippen LogP contribution in [0.5, 0.6) is 0 Å². The maximum Gasteiger partial charge on any atom is 0.153 e. The van der Waals surface area contributed by atoms with Gasteiger partial charge in [-0.3, -0.25) is 0 Å². The van der Waals surface area contributed by atoms with Crippen molar-refractivity contribution in [2.75, 3.05) is 0 Å². The van der Waals surface area contributed by atoms with E-state index in [1.165, 1.54) is 6.08 Å². The molecular weight excluding hydrogens is 236 g/mol. The second-order valence-electron chi connectivity index (χ2n) is 3.47. The number of hydrogen-bond acceptors (Lipinski definition) is 4. The zero-order valence-electron chi connectivity index (χ0n) is 10.0. The van der Waals surface area contributed by atoms with Gasteiger partial charge in [0.15, 0.2) is 5.57 Å². The first kappa shape index (κ1) is 13.8. The van der Waals surface area contributed by atoms with Gasteiger partial charge in [-0.05, 0) is 11.6 Å². The fraction of sp³-hybridized carbons (Fsp3) is 0. The van der Waals surface area contributed by atoms with Crippen molar-refractivity contribution in [3.05, 3.63) is 64.9 Å². The predicted molar refractivity (Wildman–Crippen MR) is 71.6 cm³/mol. The Hall–Kier alpha value is -3.29. The monoisotopic (exact) mass is 246 g/mol. The highest BCUT2D eigenvalue weighted by atomic mass is 14.6. The molecule has 0 aromatic heterocycles. The molecule has 4 heteroatoms. The van der Waals surface area contributed by atoms with E-state index in [2.05, 4.69) is 0 Å². The summed E-state index contributed by atoms with van der Waals surface area (Å²) in [5, 5.41) is 26.3. The lowest BCUT2D eigenvalue weighted by molar-refractivity contribution is 1.30. The van der Waals surface area contributed by atoms with Crippen LogP contribution in [0.4, 0.5) is 0 Å². The molecule has 4 nitrogen and oxygen atoms in total. The average Bonchev–Trinajstić information content (AvgIpc) is 2.46. The van der Waals surface area contributed by atoms with E-state index in [1.807, 2.05) is 36.4 Å². The van der Waals surface area contributed by atoms with E-state index < -0.39 is 0 Å². The maximum atomic E-state index is 8.95. The fourth-order valence-corrected chi connectivity index (χ4v) is 1.29. The minimum absolute atomic E-state index is 0.0882. The second kappa shape index (κ2) is 7.12. The zero-order valence-corrected chi connectivity index (χ0v) is 10.0. The van der Waals surface area contributed by atoms with Crippen LogP contribution in [0.3, 0.4) is 0 Å². The molecule has 1 aromatic rings. The molecule has 1 rings (SSSR count).